The number of aliphatic hydroxyl groups excluding tert-OH is 3. The maximum absolute atomic E-state index is 9.98. The Morgan fingerprint density at radius 2 is 1.46 bits per heavy atom. The summed E-state index contributed by atoms with van der Waals surface area (Å²) in [6.45, 7) is 3.66. The highest BCUT2D eigenvalue weighted by Crippen LogP contribution is 2.34. The molecule has 0 aromatic rings. The van der Waals surface area contributed by atoms with Crippen molar-refractivity contribution in [2.24, 2.45) is 5.92 Å². The lowest BCUT2D eigenvalue weighted by molar-refractivity contribution is -0.168. The van der Waals surface area contributed by atoms with E-state index in [1.54, 1.807) is 0 Å². The zero-order chi connectivity index (χ0) is 10.2. The van der Waals surface area contributed by atoms with Crippen molar-refractivity contribution >= 4 is 0 Å². The molecule has 0 radical (unpaired) electrons. The Morgan fingerprint density at radius 1 is 1.08 bits per heavy atom. The molecule has 1 saturated carbocycles. The third-order valence-electron chi connectivity index (χ3n) is 2.99. The molecule has 0 saturated heterocycles. The van der Waals surface area contributed by atoms with Crippen molar-refractivity contribution in [1.29, 1.82) is 0 Å². The molecule has 4 nitrogen and oxygen atoms in total. The predicted molar refractivity (Wildman–Crippen MR) is 47.0 cm³/mol. The van der Waals surface area contributed by atoms with E-state index >= 15 is 0 Å². The standard InChI is InChI=1S/C9H18O4/c1-5(2)9(13)3-6(10)8(12)7(11)4-9/h5-8,10-13H,3-4H2,1-2H3/t6-,7+,8-,9-. The fourth-order valence-electron chi connectivity index (χ4n) is 1.78. The average molecular weight is 190 g/mol. The Balaban J connectivity index is 2.73. The van der Waals surface area contributed by atoms with Gasteiger partial charge in [-0.3, -0.25) is 0 Å². The molecule has 0 amide bonds. The largest absolute Gasteiger partial charge is 0.390 e. The van der Waals surface area contributed by atoms with Gasteiger partial charge in [0.25, 0.3) is 0 Å². The van der Waals surface area contributed by atoms with Crippen LogP contribution in [0.5, 0.6) is 0 Å². The molecule has 4 N–H and O–H groups in total. The molecule has 0 bridgehead atoms. The Bertz CT molecular complexity index is 168. The minimum absolute atomic E-state index is 0.0377. The lowest BCUT2D eigenvalue weighted by Gasteiger charge is -2.42. The first kappa shape index (κ1) is 10.9. The molecule has 1 rings (SSSR count). The SMILES string of the molecule is CC(C)[C@@]1(O)C[C@@H](O)[C@@H](O)[C@@H](O)C1. The van der Waals surface area contributed by atoms with Crippen LogP contribution in [0.1, 0.15) is 26.7 Å². The van der Waals surface area contributed by atoms with Crippen molar-refractivity contribution in [3.8, 4) is 0 Å². The maximum atomic E-state index is 9.98. The third-order valence-corrected chi connectivity index (χ3v) is 2.99. The summed E-state index contributed by atoms with van der Waals surface area (Å²) < 4.78 is 0. The minimum atomic E-state index is -1.13. The first-order valence-corrected chi connectivity index (χ1v) is 4.63. The number of hydrogen-bond acceptors (Lipinski definition) is 4. The molecule has 0 heterocycles. The lowest BCUT2D eigenvalue weighted by Crippen LogP contribution is -2.54. The monoisotopic (exact) mass is 190 g/mol. The topological polar surface area (TPSA) is 80.9 Å². The second-order valence-corrected chi connectivity index (χ2v) is 4.29. The van der Waals surface area contributed by atoms with Crippen molar-refractivity contribution in [2.75, 3.05) is 0 Å². The summed E-state index contributed by atoms with van der Waals surface area (Å²) in [5, 5.41) is 38.0. The second-order valence-electron chi connectivity index (χ2n) is 4.29. The van der Waals surface area contributed by atoms with E-state index < -0.39 is 23.9 Å². The molecule has 1 aliphatic carbocycles. The average Bonchev–Trinajstić information content (AvgIpc) is 2.00. The quantitative estimate of drug-likeness (QED) is 0.438. The van der Waals surface area contributed by atoms with Crippen molar-refractivity contribution in [2.45, 2.75) is 50.6 Å². The molecule has 4 heteroatoms. The van der Waals surface area contributed by atoms with Crippen LogP contribution in [0.25, 0.3) is 0 Å². The second kappa shape index (κ2) is 3.53. The van der Waals surface area contributed by atoms with Gasteiger partial charge in [0.05, 0.1) is 17.8 Å². The van der Waals surface area contributed by atoms with E-state index in [2.05, 4.69) is 0 Å². The van der Waals surface area contributed by atoms with Crippen molar-refractivity contribution in [1.82, 2.24) is 0 Å². The van der Waals surface area contributed by atoms with Gasteiger partial charge in [-0.1, -0.05) is 13.8 Å². The Morgan fingerprint density at radius 3 is 1.77 bits per heavy atom. The number of rotatable bonds is 1. The lowest BCUT2D eigenvalue weighted by atomic mass is 9.73. The van der Waals surface area contributed by atoms with E-state index in [-0.39, 0.29) is 18.8 Å². The van der Waals surface area contributed by atoms with Crippen LogP contribution in [0.15, 0.2) is 0 Å². The molecule has 0 unspecified atom stereocenters. The summed E-state index contributed by atoms with van der Waals surface area (Å²) in [7, 11) is 0. The Hall–Kier alpha value is -0.160. The fourth-order valence-corrected chi connectivity index (χ4v) is 1.78. The normalized spacial score (nSPS) is 46.8. The number of aliphatic hydroxyl groups is 4. The van der Waals surface area contributed by atoms with E-state index in [9.17, 15) is 20.4 Å². The summed E-state index contributed by atoms with van der Waals surface area (Å²) in [5.74, 6) is -0.0377. The van der Waals surface area contributed by atoms with Crippen LogP contribution >= 0.6 is 0 Å². The predicted octanol–water partition coefficient (Wildman–Crippen LogP) is -0.750. The maximum Gasteiger partial charge on any atom is 0.106 e. The number of hydrogen-bond donors (Lipinski definition) is 4. The van der Waals surface area contributed by atoms with Gasteiger partial charge in [-0.25, -0.2) is 0 Å². The van der Waals surface area contributed by atoms with E-state index in [0.29, 0.717) is 0 Å². The first-order chi connectivity index (χ1) is 5.87. The van der Waals surface area contributed by atoms with Crippen LogP contribution in [-0.4, -0.2) is 44.3 Å². The van der Waals surface area contributed by atoms with Gasteiger partial charge in [-0.05, 0) is 5.92 Å². The van der Waals surface area contributed by atoms with Crippen LogP contribution in [-0.2, 0) is 0 Å². The zero-order valence-electron chi connectivity index (χ0n) is 8.01. The van der Waals surface area contributed by atoms with Crippen LogP contribution in [0.4, 0.5) is 0 Å². The van der Waals surface area contributed by atoms with Gasteiger partial charge in [0.2, 0.25) is 0 Å². The highest BCUT2D eigenvalue weighted by molar-refractivity contribution is 4.96. The van der Waals surface area contributed by atoms with Crippen molar-refractivity contribution in [3.63, 3.8) is 0 Å². The van der Waals surface area contributed by atoms with Gasteiger partial charge in [0.1, 0.15) is 6.10 Å². The smallest absolute Gasteiger partial charge is 0.106 e. The van der Waals surface area contributed by atoms with Gasteiger partial charge in [-0.15, -0.1) is 0 Å². The van der Waals surface area contributed by atoms with Gasteiger partial charge in [0.15, 0.2) is 0 Å². The molecule has 4 atom stereocenters. The summed E-state index contributed by atoms with van der Waals surface area (Å²) in [4.78, 5) is 0. The molecule has 1 fully saturated rings. The van der Waals surface area contributed by atoms with E-state index in [1.807, 2.05) is 13.8 Å². The summed E-state index contributed by atoms with van der Waals surface area (Å²) >= 11 is 0. The van der Waals surface area contributed by atoms with E-state index in [1.165, 1.54) is 0 Å². The molecule has 13 heavy (non-hydrogen) atoms. The Labute approximate surface area is 77.8 Å². The zero-order valence-corrected chi connectivity index (χ0v) is 8.01. The summed E-state index contributed by atoms with van der Waals surface area (Å²) in [5.41, 5.74) is -1.06. The molecule has 0 spiro atoms. The molecule has 0 aromatic carbocycles. The molecule has 78 valence electrons. The minimum Gasteiger partial charge on any atom is -0.390 e. The molecule has 0 aromatic heterocycles. The Kier molecular flexibility index (Phi) is 2.97. The highest BCUT2D eigenvalue weighted by Gasteiger charge is 2.44. The fraction of sp³-hybridized carbons (Fsp3) is 1.00. The van der Waals surface area contributed by atoms with Gasteiger partial charge in [-0.2, -0.15) is 0 Å². The van der Waals surface area contributed by atoms with Gasteiger partial charge >= 0.3 is 0 Å². The van der Waals surface area contributed by atoms with Crippen molar-refractivity contribution < 1.29 is 20.4 Å². The van der Waals surface area contributed by atoms with Crippen LogP contribution < -0.4 is 0 Å². The summed E-state index contributed by atoms with van der Waals surface area (Å²) in [6.07, 6.45) is -2.93. The van der Waals surface area contributed by atoms with E-state index in [4.69, 9.17) is 0 Å². The highest BCUT2D eigenvalue weighted by atomic mass is 16.4. The van der Waals surface area contributed by atoms with Crippen LogP contribution in [0.2, 0.25) is 0 Å². The van der Waals surface area contributed by atoms with Crippen LogP contribution in [0, 0.1) is 5.92 Å². The third kappa shape index (κ3) is 2.02. The molecule has 1 aliphatic rings. The van der Waals surface area contributed by atoms with E-state index in [0.717, 1.165) is 0 Å². The first-order valence-electron chi connectivity index (χ1n) is 4.63. The van der Waals surface area contributed by atoms with Crippen LogP contribution in [0.3, 0.4) is 0 Å². The van der Waals surface area contributed by atoms with Gasteiger partial charge in [0, 0.05) is 12.8 Å². The summed E-state index contributed by atoms with van der Waals surface area (Å²) in [6, 6.07) is 0. The molecule has 0 aliphatic heterocycles. The van der Waals surface area contributed by atoms with Gasteiger partial charge < -0.3 is 20.4 Å². The van der Waals surface area contributed by atoms with Crippen molar-refractivity contribution in [3.05, 3.63) is 0 Å². The molecular weight excluding hydrogens is 172 g/mol. The molecular formula is C9H18O4.